The molecule has 1 aromatic carbocycles. The predicted octanol–water partition coefficient (Wildman–Crippen LogP) is 4.58. The number of piperidine rings is 1. The van der Waals surface area contributed by atoms with Gasteiger partial charge in [0.05, 0.1) is 5.56 Å². The van der Waals surface area contributed by atoms with E-state index >= 15 is 0 Å². The third kappa shape index (κ3) is 5.30. The lowest BCUT2D eigenvalue weighted by Gasteiger charge is -2.43. The van der Waals surface area contributed by atoms with Crippen LogP contribution in [-0.2, 0) is 9.59 Å². The normalized spacial score (nSPS) is 20.2. The van der Waals surface area contributed by atoms with Gasteiger partial charge in [0.15, 0.2) is 0 Å². The predicted molar refractivity (Wildman–Crippen MR) is 144 cm³/mol. The van der Waals surface area contributed by atoms with Crippen molar-refractivity contribution in [3.8, 4) is 0 Å². The average Bonchev–Trinajstić information content (AvgIpc) is 3.56. The molecule has 0 spiro atoms. The van der Waals surface area contributed by atoms with Gasteiger partial charge in [-0.2, -0.15) is 0 Å². The van der Waals surface area contributed by atoms with Gasteiger partial charge in [0.2, 0.25) is 11.8 Å². The van der Waals surface area contributed by atoms with Crippen LogP contribution in [0.4, 0.5) is 5.00 Å². The molecular formula is C28H38N4O3S. The van der Waals surface area contributed by atoms with Crippen molar-refractivity contribution in [1.82, 2.24) is 14.7 Å². The lowest BCUT2D eigenvalue weighted by atomic mass is 9.99. The van der Waals surface area contributed by atoms with Crippen LogP contribution >= 0.6 is 11.3 Å². The van der Waals surface area contributed by atoms with Crippen molar-refractivity contribution in [2.75, 3.05) is 44.6 Å². The van der Waals surface area contributed by atoms with Crippen molar-refractivity contribution in [2.45, 2.75) is 64.3 Å². The molecule has 2 aliphatic heterocycles. The summed E-state index contributed by atoms with van der Waals surface area (Å²) in [7, 11) is 0. The highest BCUT2D eigenvalue weighted by Gasteiger charge is 2.34. The van der Waals surface area contributed by atoms with Crippen molar-refractivity contribution >= 4 is 44.1 Å². The minimum absolute atomic E-state index is 0.0101. The Labute approximate surface area is 217 Å². The first kappa shape index (κ1) is 25.2. The molecule has 1 aliphatic carbocycles. The van der Waals surface area contributed by atoms with E-state index in [1.165, 1.54) is 24.2 Å². The second-order valence-electron chi connectivity index (χ2n) is 10.5. The number of likely N-dealkylation sites (tertiary alicyclic amines) is 1. The number of rotatable bonds is 6. The zero-order valence-electron chi connectivity index (χ0n) is 21.3. The molecule has 1 N–H and O–H groups in total. The van der Waals surface area contributed by atoms with Crippen LogP contribution in [0.5, 0.6) is 0 Å². The van der Waals surface area contributed by atoms with Gasteiger partial charge in [-0.1, -0.05) is 38.0 Å². The third-order valence-electron chi connectivity index (χ3n) is 8.14. The lowest BCUT2D eigenvalue weighted by Crippen LogP contribution is -2.55. The number of carbonyl (C=O) groups excluding carboxylic acids is 3. The molecule has 7 nitrogen and oxygen atoms in total. The Morgan fingerprint density at radius 3 is 2.31 bits per heavy atom. The maximum atomic E-state index is 13.7. The van der Waals surface area contributed by atoms with E-state index in [1.807, 2.05) is 36.1 Å². The first-order chi connectivity index (χ1) is 17.5. The summed E-state index contributed by atoms with van der Waals surface area (Å²) in [6.07, 6.45) is 7.80. The van der Waals surface area contributed by atoms with Gasteiger partial charge in [0.1, 0.15) is 5.00 Å². The smallest absolute Gasteiger partial charge is 0.257 e. The van der Waals surface area contributed by atoms with Gasteiger partial charge in [-0.3, -0.25) is 19.3 Å². The highest BCUT2D eigenvalue weighted by Crippen LogP contribution is 2.37. The van der Waals surface area contributed by atoms with E-state index in [0.717, 1.165) is 68.4 Å². The fraction of sp³-hybridized carbons (Fsp3) is 0.607. The first-order valence-electron chi connectivity index (χ1n) is 13.7. The second-order valence-corrected chi connectivity index (χ2v) is 11.5. The number of hydrogen-bond donors (Lipinski definition) is 1. The minimum atomic E-state index is -0.0410. The van der Waals surface area contributed by atoms with Crippen molar-refractivity contribution in [3.05, 3.63) is 29.8 Å². The Bertz CT molecular complexity index is 1090. The van der Waals surface area contributed by atoms with Crippen LogP contribution in [0.2, 0.25) is 0 Å². The van der Waals surface area contributed by atoms with Crippen molar-refractivity contribution < 1.29 is 14.4 Å². The summed E-state index contributed by atoms with van der Waals surface area (Å²) >= 11 is 1.48. The van der Waals surface area contributed by atoms with Crippen molar-refractivity contribution in [2.24, 2.45) is 5.92 Å². The summed E-state index contributed by atoms with van der Waals surface area (Å²) in [4.78, 5) is 45.4. The van der Waals surface area contributed by atoms with Crippen LogP contribution in [0.3, 0.4) is 0 Å². The molecule has 0 radical (unpaired) electrons. The van der Waals surface area contributed by atoms with Gasteiger partial charge < -0.3 is 15.1 Å². The van der Waals surface area contributed by atoms with E-state index in [9.17, 15) is 14.4 Å². The van der Waals surface area contributed by atoms with E-state index in [4.69, 9.17) is 0 Å². The number of carbonyl (C=O) groups is 3. The van der Waals surface area contributed by atoms with Crippen LogP contribution in [0.25, 0.3) is 10.1 Å². The largest absolute Gasteiger partial charge is 0.342 e. The number of amides is 3. The first-order valence-corrected chi connectivity index (χ1v) is 14.5. The number of piperazine rings is 1. The quantitative estimate of drug-likeness (QED) is 0.618. The number of nitrogens with zero attached hydrogens (tertiary/aromatic N) is 3. The van der Waals surface area contributed by atoms with Gasteiger partial charge in [-0.15, -0.1) is 11.3 Å². The summed E-state index contributed by atoms with van der Waals surface area (Å²) in [5, 5.41) is 4.59. The molecule has 8 heteroatoms. The van der Waals surface area contributed by atoms with E-state index in [1.54, 1.807) is 0 Å². The Balaban J connectivity index is 1.19. The third-order valence-corrected chi connectivity index (χ3v) is 9.22. The Morgan fingerprint density at radius 1 is 0.917 bits per heavy atom. The van der Waals surface area contributed by atoms with Crippen LogP contribution in [0.15, 0.2) is 24.3 Å². The molecule has 3 amide bonds. The van der Waals surface area contributed by atoms with E-state index < -0.39 is 0 Å². The van der Waals surface area contributed by atoms with Gasteiger partial charge in [-0.25, -0.2) is 0 Å². The number of nitrogens with one attached hydrogen (secondary N) is 1. The molecule has 2 aromatic rings. The van der Waals surface area contributed by atoms with Crippen LogP contribution < -0.4 is 5.32 Å². The molecule has 2 saturated heterocycles. The van der Waals surface area contributed by atoms with Gasteiger partial charge >= 0.3 is 0 Å². The maximum absolute atomic E-state index is 13.7. The molecule has 36 heavy (non-hydrogen) atoms. The number of anilines is 1. The van der Waals surface area contributed by atoms with Crippen LogP contribution in [0.1, 0.15) is 68.6 Å². The van der Waals surface area contributed by atoms with Crippen molar-refractivity contribution in [1.29, 1.82) is 0 Å². The Morgan fingerprint density at radius 2 is 1.61 bits per heavy atom. The summed E-state index contributed by atoms with van der Waals surface area (Å²) in [5.74, 6) is 0.615. The molecule has 3 fully saturated rings. The Hall–Kier alpha value is -2.45. The molecule has 0 unspecified atom stereocenters. The number of hydrogen-bond acceptors (Lipinski definition) is 5. The molecule has 5 rings (SSSR count). The summed E-state index contributed by atoms with van der Waals surface area (Å²) in [6.45, 7) is 6.79. The fourth-order valence-corrected chi connectivity index (χ4v) is 7.20. The molecule has 0 atom stereocenters. The zero-order valence-corrected chi connectivity index (χ0v) is 22.2. The molecule has 3 heterocycles. The minimum Gasteiger partial charge on any atom is -0.342 e. The molecular weight excluding hydrogens is 472 g/mol. The summed E-state index contributed by atoms with van der Waals surface area (Å²) < 4.78 is 1.02. The molecule has 1 saturated carbocycles. The van der Waals surface area contributed by atoms with Crippen LogP contribution in [-0.4, -0.2) is 77.7 Å². The molecule has 194 valence electrons. The fourth-order valence-electron chi connectivity index (χ4n) is 6.09. The molecule has 3 aliphatic rings. The zero-order chi connectivity index (χ0) is 25.1. The maximum Gasteiger partial charge on any atom is 0.257 e. The van der Waals surface area contributed by atoms with Crippen LogP contribution in [0, 0.1) is 5.92 Å². The SMILES string of the molecule is CCCC(=O)Nc1sc2ccccc2c1C(=O)N1CCN(C2CCN(C(=O)C3CCCC3)CC2)CC1. The standard InChI is InChI=1S/C28H38N4O3S/c1-2-7-24(33)29-26-25(22-10-5-6-11-23(22)36-26)28(35)32-18-16-30(17-19-32)21-12-14-31(15-13-21)27(34)20-8-3-4-9-20/h5-6,10-11,20-21H,2-4,7-9,12-19H2,1H3,(H,29,33). The Kier molecular flexibility index (Phi) is 7.91. The number of benzene rings is 1. The van der Waals surface area contributed by atoms with E-state index in [2.05, 4.69) is 15.1 Å². The summed E-state index contributed by atoms with van der Waals surface area (Å²) in [6, 6.07) is 8.39. The topological polar surface area (TPSA) is 73.0 Å². The second kappa shape index (κ2) is 11.3. The van der Waals surface area contributed by atoms with Gasteiger partial charge in [-0.05, 0) is 38.2 Å². The average molecular weight is 511 g/mol. The number of fused-ring (bicyclic) bond motifs is 1. The monoisotopic (exact) mass is 510 g/mol. The summed E-state index contributed by atoms with van der Waals surface area (Å²) in [5.41, 5.74) is 0.632. The number of thiophene rings is 1. The highest BCUT2D eigenvalue weighted by atomic mass is 32.1. The lowest BCUT2D eigenvalue weighted by molar-refractivity contribution is -0.137. The van der Waals surface area contributed by atoms with Gasteiger partial charge in [0.25, 0.3) is 5.91 Å². The molecule has 1 aromatic heterocycles. The van der Waals surface area contributed by atoms with Crippen molar-refractivity contribution in [3.63, 3.8) is 0 Å². The van der Waals surface area contributed by atoms with Gasteiger partial charge in [0, 0.05) is 67.7 Å². The highest BCUT2D eigenvalue weighted by molar-refractivity contribution is 7.23. The van der Waals surface area contributed by atoms with E-state index in [-0.39, 0.29) is 17.7 Å². The molecule has 0 bridgehead atoms. The van der Waals surface area contributed by atoms with E-state index in [0.29, 0.717) is 42.0 Å².